The van der Waals surface area contributed by atoms with Gasteiger partial charge in [-0.25, -0.2) is 0 Å². The van der Waals surface area contributed by atoms with Crippen molar-refractivity contribution in [2.75, 3.05) is 33.7 Å². The summed E-state index contributed by atoms with van der Waals surface area (Å²) in [5.74, 6) is 1.61. The molecule has 1 fully saturated rings. The summed E-state index contributed by atoms with van der Waals surface area (Å²) >= 11 is 0. The van der Waals surface area contributed by atoms with Gasteiger partial charge in [0.15, 0.2) is 0 Å². The maximum Gasteiger partial charge on any atom is 0.0989 e. The smallest absolute Gasteiger partial charge is 0.0989 e. The zero-order valence-electron chi connectivity index (χ0n) is 12.0. The van der Waals surface area contributed by atoms with E-state index in [2.05, 4.69) is 37.4 Å². The fourth-order valence-electron chi connectivity index (χ4n) is 2.52. The summed E-state index contributed by atoms with van der Waals surface area (Å²) in [6, 6.07) is 0. The van der Waals surface area contributed by atoms with E-state index in [1.807, 2.05) is 12.2 Å². The minimum absolute atomic E-state index is 0.726. The number of hydrogen-bond donors (Lipinski definition) is 1. The molecule has 18 heavy (non-hydrogen) atoms. The fraction of sp³-hybridized carbons (Fsp3) is 0.600. The van der Waals surface area contributed by atoms with Crippen LogP contribution in [0.1, 0.15) is 19.8 Å². The zero-order valence-corrected chi connectivity index (χ0v) is 12.0. The Hall–Kier alpha value is -1.22. The average molecular weight is 249 g/mol. The Morgan fingerprint density at radius 2 is 2.22 bits per heavy atom. The molecule has 0 amide bonds. The molecule has 0 aromatic rings. The Balaban J connectivity index is 2.60. The lowest BCUT2D eigenvalue weighted by atomic mass is 9.97. The maximum absolute atomic E-state index is 6.17. The van der Waals surface area contributed by atoms with Crippen LogP contribution < -0.4 is 5.73 Å². The molecule has 1 rings (SSSR count). The molecular formula is C15H27N3. The first kappa shape index (κ1) is 14.8. The zero-order chi connectivity index (χ0) is 13.5. The SMILES string of the molecule is C=C/C=C(C)/C=C(\N)N1CCCC(CN(C)C)C1. The molecule has 3 heteroatoms. The molecule has 2 N–H and O–H groups in total. The van der Waals surface area contributed by atoms with Crippen LogP contribution >= 0.6 is 0 Å². The van der Waals surface area contributed by atoms with Gasteiger partial charge in [0.1, 0.15) is 0 Å². The van der Waals surface area contributed by atoms with Gasteiger partial charge in [-0.2, -0.15) is 0 Å². The molecule has 1 atom stereocenters. The number of likely N-dealkylation sites (tertiary alicyclic amines) is 1. The highest BCUT2D eigenvalue weighted by Crippen LogP contribution is 2.19. The van der Waals surface area contributed by atoms with Crippen LogP contribution in [0.25, 0.3) is 0 Å². The summed E-state index contributed by atoms with van der Waals surface area (Å²) in [6.45, 7) is 9.04. The lowest BCUT2D eigenvalue weighted by Crippen LogP contribution is -2.40. The maximum atomic E-state index is 6.17. The second-order valence-corrected chi connectivity index (χ2v) is 5.43. The lowest BCUT2D eigenvalue weighted by molar-refractivity contribution is 0.182. The predicted molar refractivity (Wildman–Crippen MR) is 79.1 cm³/mol. The highest BCUT2D eigenvalue weighted by molar-refractivity contribution is 5.23. The van der Waals surface area contributed by atoms with E-state index in [0.29, 0.717) is 0 Å². The summed E-state index contributed by atoms with van der Waals surface area (Å²) in [5, 5.41) is 0. The van der Waals surface area contributed by atoms with Gasteiger partial charge in [0.05, 0.1) is 5.82 Å². The van der Waals surface area contributed by atoms with Crippen LogP contribution in [0.5, 0.6) is 0 Å². The van der Waals surface area contributed by atoms with Crippen LogP contribution in [0.4, 0.5) is 0 Å². The molecule has 0 aromatic heterocycles. The normalized spacial score (nSPS) is 22.4. The highest BCUT2D eigenvalue weighted by atomic mass is 15.2. The Labute approximate surface area is 112 Å². The number of rotatable bonds is 5. The van der Waals surface area contributed by atoms with Crippen LogP contribution in [-0.2, 0) is 0 Å². The first-order valence-corrected chi connectivity index (χ1v) is 6.69. The summed E-state index contributed by atoms with van der Waals surface area (Å²) in [4.78, 5) is 4.56. The van der Waals surface area contributed by atoms with Crippen LogP contribution in [0.15, 0.2) is 36.2 Å². The van der Waals surface area contributed by atoms with E-state index in [9.17, 15) is 0 Å². The number of nitrogens with two attached hydrogens (primary N) is 1. The molecule has 3 nitrogen and oxygen atoms in total. The molecule has 1 heterocycles. The van der Waals surface area contributed by atoms with Crippen LogP contribution in [-0.4, -0.2) is 43.5 Å². The van der Waals surface area contributed by atoms with Crippen molar-refractivity contribution >= 4 is 0 Å². The first-order valence-electron chi connectivity index (χ1n) is 6.69. The van der Waals surface area contributed by atoms with Crippen LogP contribution in [0, 0.1) is 5.92 Å². The van der Waals surface area contributed by atoms with Gasteiger partial charge in [0.2, 0.25) is 0 Å². The molecule has 0 aliphatic carbocycles. The third kappa shape index (κ3) is 4.96. The molecule has 0 saturated carbocycles. The quantitative estimate of drug-likeness (QED) is 0.758. The van der Waals surface area contributed by atoms with Crippen LogP contribution in [0.3, 0.4) is 0 Å². The van der Waals surface area contributed by atoms with Crippen molar-refractivity contribution in [3.05, 3.63) is 36.2 Å². The third-order valence-electron chi connectivity index (χ3n) is 3.26. The Morgan fingerprint density at radius 3 is 2.83 bits per heavy atom. The standard InChI is InChI=1S/C15H27N3/c1-5-7-13(2)10-15(16)18-9-6-8-14(12-18)11-17(3)4/h5,7,10,14H,1,6,8-9,11-12,16H2,2-4H3/b13-7+,15-10+. The van der Waals surface area contributed by atoms with E-state index in [-0.39, 0.29) is 0 Å². The number of allylic oxidation sites excluding steroid dienone is 4. The largest absolute Gasteiger partial charge is 0.385 e. The van der Waals surface area contributed by atoms with E-state index in [0.717, 1.165) is 36.9 Å². The summed E-state index contributed by atoms with van der Waals surface area (Å²) in [5.41, 5.74) is 7.32. The third-order valence-corrected chi connectivity index (χ3v) is 3.26. The van der Waals surface area contributed by atoms with E-state index < -0.39 is 0 Å². The Kier molecular flexibility index (Phi) is 5.99. The van der Waals surface area contributed by atoms with Crippen molar-refractivity contribution in [2.24, 2.45) is 11.7 Å². The minimum Gasteiger partial charge on any atom is -0.385 e. The van der Waals surface area contributed by atoms with E-state index in [4.69, 9.17) is 5.73 Å². The van der Waals surface area contributed by atoms with Gasteiger partial charge >= 0.3 is 0 Å². The molecule has 1 saturated heterocycles. The van der Waals surface area contributed by atoms with Gasteiger partial charge in [-0.3, -0.25) is 0 Å². The van der Waals surface area contributed by atoms with Crippen molar-refractivity contribution in [1.29, 1.82) is 0 Å². The predicted octanol–water partition coefficient (Wildman–Crippen LogP) is 2.19. The van der Waals surface area contributed by atoms with Gasteiger partial charge in [-0.05, 0) is 51.4 Å². The summed E-state index contributed by atoms with van der Waals surface area (Å²) < 4.78 is 0. The van der Waals surface area contributed by atoms with Gasteiger partial charge in [0.25, 0.3) is 0 Å². The van der Waals surface area contributed by atoms with Crippen molar-refractivity contribution in [2.45, 2.75) is 19.8 Å². The van der Waals surface area contributed by atoms with Crippen molar-refractivity contribution < 1.29 is 0 Å². The molecule has 1 aliphatic rings. The monoisotopic (exact) mass is 249 g/mol. The molecular weight excluding hydrogens is 222 g/mol. The van der Waals surface area contributed by atoms with Crippen molar-refractivity contribution in [3.63, 3.8) is 0 Å². The van der Waals surface area contributed by atoms with E-state index in [1.54, 1.807) is 6.08 Å². The molecule has 0 aromatic carbocycles. The van der Waals surface area contributed by atoms with E-state index >= 15 is 0 Å². The molecule has 0 bridgehead atoms. The van der Waals surface area contributed by atoms with Crippen LogP contribution in [0.2, 0.25) is 0 Å². The summed E-state index contributed by atoms with van der Waals surface area (Å²) in [6.07, 6.45) is 8.36. The molecule has 0 spiro atoms. The van der Waals surface area contributed by atoms with E-state index in [1.165, 1.54) is 12.8 Å². The average Bonchev–Trinajstić information content (AvgIpc) is 2.28. The second-order valence-electron chi connectivity index (χ2n) is 5.43. The van der Waals surface area contributed by atoms with Crippen molar-refractivity contribution in [3.8, 4) is 0 Å². The van der Waals surface area contributed by atoms with Gasteiger partial charge in [0, 0.05) is 19.6 Å². The lowest BCUT2D eigenvalue weighted by Gasteiger charge is -2.35. The number of piperidine rings is 1. The molecule has 102 valence electrons. The van der Waals surface area contributed by atoms with Gasteiger partial charge in [-0.15, -0.1) is 0 Å². The number of hydrogen-bond acceptors (Lipinski definition) is 3. The fourth-order valence-corrected chi connectivity index (χ4v) is 2.52. The summed E-state index contributed by atoms with van der Waals surface area (Å²) in [7, 11) is 4.27. The number of nitrogens with zero attached hydrogens (tertiary/aromatic N) is 2. The van der Waals surface area contributed by atoms with Gasteiger partial charge < -0.3 is 15.5 Å². The van der Waals surface area contributed by atoms with Crippen molar-refractivity contribution in [1.82, 2.24) is 9.80 Å². The van der Waals surface area contributed by atoms with Gasteiger partial charge in [-0.1, -0.05) is 18.7 Å². The second kappa shape index (κ2) is 7.27. The Bertz CT molecular complexity index is 329. The molecule has 1 unspecified atom stereocenters. The first-order chi connectivity index (χ1) is 8.52. The molecule has 1 aliphatic heterocycles. The minimum atomic E-state index is 0.726. The topological polar surface area (TPSA) is 32.5 Å². The Morgan fingerprint density at radius 1 is 1.50 bits per heavy atom. The highest BCUT2D eigenvalue weighted by Gasteiger charge is 2.20. The molecule has 0 radical (unpaired) electrons.